The zero-order chi connectivity index (χ0) is 19.6. The van der Waals surface area contributed by atoms with Crippen LogP contribution in [0.3, 0.4) is 0 Å². The Morgan fingerprint density at radius 1 is 1.07 bits per heavy atom. The van der Waals surface area contributed by atoms with Gasteiger partial charge < -0.3 is 20.9 Å². The van der Waals surface area contributed by atoms with Gasteiger partial charge in [0, 0.05) is 36.8 Å². The largest absolute Gasteiger partial charge is 0.360 e. The number of carbonyl (C=O) groups is 2. The molecular weight excluding hydrogens is 372 g/mol. The highest BCUT2D eigenvalue weighted by Crippen LogP contribution is 2.17. The van der Waals surface area contributed by atoms with Crippen LogP contribution in [0.15, 0.2) is 59.5 Å². The Morgan fingerprint density at radius 2 is 1.86 bits per heavy atom. The summed E-state index contributed by atoms with van der Waals surface area (Å²) in [5.41, 5.74) is 2.05. The summed E-state index contributed by atoms with van der Waals surface area (Å²) in [4.78, 5) is 26.7. The highest BCUT2D eigenvalue weighted by Gasteiger charge is 2.16. The molecule has 3 rings (SSSR count). The predicted molar refractivity (Wildman–Crippen MR) is 114 cm³/mol. The molecule has 0 atom stereocenters. The summed E-state index contributed by atoms with van der Waals surface area (Å²) in [6.07, 6.45) is 0.922. The molecule has 7 heteroatoms. The Hall–Kier alpha value is -2.67. The lowest BCUT2D eigenvalue weighted by atomic mass is 10.2. The molecule has 0 spiro atoms. The predicted octanol–water partition coefficient (Wildman–Crippen LogP) is 2.60. The number of nitrogens with one attached hydrogen (secondary N) is 3. The van der Waals surface area contributed by atoms with Crippen molar-refractivity contribution in [2.45, 2.75) is 17.9 Å². The van der Waals surface area contributed by atoms with Crippen LogP contribution in [0, 0.1) is 0 Å². The molecule has 2 aromatic rings. The number of benzene rings is 2. The van der Waals surface area contributed by atoms with Gasteiger partial charge in [0.1, 0.15) is 0 Å². The number of urea groups is 1. The Labute approximate surface area is 170 Å². The van der Waals surface area contributed by atoms with Crippen molar-refractivity contribution >= 4 is 29.4 Å². The van der Waals surface area contributed by atoms with E-state index in [1.54, 1.807) is 11.8 Å². The van der Waals surface area contributed by atoms with Crippen LogP contribution in [-0.2, 0) is 11.3 Å². The van der Waals surface area contributed by atoms with Crippen LogP contribution in [0.1, 0.15) is 12.0 Å². The molecule has 1 fully saturated rings. The van der Waals surface area contributed by atoms with E-state index in [1.807, 2.05) is 42.5 Å². The number of nitrogens with zero attached hydrogens (tertiary/aromatic N) is 1. The van der Waals surface area contributed by atoms with Crippen LogP contribution in [0.25, 0.3) is 0 Å². The normalized spacial score (nSPS) is 13.7. The van der Waals surface area contributed by atoms with E-state index < -0.39 is 0 Å². The fraction of sp³-hybridized carbons (Fsp3) is 0.333. The molecule has 0 aromatic heterocycles. The molecule has 0 bridgehead atoms. The molecule has 0 aliphatic carbocycles. The van der Waals surface area contributed by atoms with E-state index in [9.17, 15) is 9.59 Å². The molecule has 1 aliphatic rings. The summed E-state index contributed by atoms with van der Waals surface area (Å²) in [7, 11) is 0. The lowest BCUT2D eigenvalue weighted by molar-refractivity contribution is -0.120. The fourth-order valence-electron chi connectivity index (χ4n) is 2.91. The number of rotatable bonds is 8. The molecule has 2 aromatic carbocycles. The number of carbonyl (C=O) groups excluding carboxylic acids is 2. The molecule has 0 radical (unpaired) electrons. The third-order valence-electron chi connectivity index (χ3n) is 4.41. The molecule has 1 aliphatic heterocycles. The first kappa shape index (κ1) is 20.1. The van der Waals surface area contributed by atoms with Gasteiger partial charge in [-0.1, -0.05) is 30.3 Å². The monoisotopic (exact) mass is 398 g/mol. The van der Waals surface area contributed by atoms with Crippen LogP contribution in [0.4, 0.5) is 10.5 Å². The fourth-order valence-corrected chi connectivity index (χ4v) is 3.78. The lowest BCUT2D eigenvalue weighted by Gasteiger charge is -2.28. The van der Waals surface area contributed by atoms with E-state index in [2.05, 4.69) is 33.0 Å². The summed E-state index contributed by atoms with van der Waals surface area (Å²) in [6, 6.07) is 18.1. The van der Waals surface area contributed by atoms with Gasteiger partial charge in [-0.2, -0.15) is 0 Å². The second-order valence-electron chi connectivity index (χ2n) is 6.56. The molecule has 0 saturated carbocycles. The van der Waals surface area contributed by atoms with E-state index in [0.29, 0.717) is 26.2 Å². The Morgan fingerprint density at radius 3 is 2.61 bits per heavy atom. The number of anilines is 1. The Kier molecular flexibility index (Phi) is 7.61. The number of amides is 3. The summed E-state index contributed by atoms with van der Waals surface area (Å²) in [6.45, 7) is 3.01. The minimum absolute atomic E-state index is 0.0517. The highest BCUT2D eigenvalue weighted by molar-refractivity contribution is 7.99. The number of hydrogen-bond acceptors (Lipinski definition) is 4. The second-order valence-corrected chi connectivity index (χ2v) is 7.73. The van der Waals surface area contributed by atoms with Gasteiger partial charge in [-0.25, -0.2) is 4.79 Å². The zero-order valence-electron chi connectivity index (χ0n) is 15.8. The van der Waals surface area contributed by atoms with Crippen molar-refractivity contribution in [2.75, 3.05) is 36.8 Å². The van der Waals surface area contributed by atoms with Gasteiger partial charge in [0.05, 0.1) is 6.54 Å². The van der Waals surface area contributed by atoms with Crippen LogP contribution < -0.4 is 20.9 Å². The molecule has 3 N–H and O–H groups in total. The van der Waals surface area contributed by atoms with Gasteiger partial charge in [-0.15, -0.1) is 11.8 Å². The maximum Gasteiger partial charge on any atom is 0.315 e. The molecule has 3 amide bonds. The zero-order valence-corrected chi connectivity index (χ0v) is 16.6. The van der Waals surface area contributed by atoms with Crippen molar-refractivity contribution in [3.63, 3.8) is 0 Å². The topological polar surface area (TPSA) is 73.5 Å². The van der Waals surface area contributed by atoms with Crippen molar-refractivity contribution in [3.8, 4) is 0 Å². The summed E-state index contributed by atoms with van der Waals surface area (Å²) >= 11 is 1.79. The van der Waals surface area contributed by atoms with Gasteiger partial charge in [0.15, 0.2) is 0 Å². The highest BCUT2D eigenvalue weighted by atomic mass is 32.2. The summed E-state index contributed by atoms with van der Waals surface area (Å²) in [5, 5.41) is 8.59. The lowest BCUT2D eigenvalue weighted by Crippen LogP contribution is -2.47. The Bertz CT molecular complexity index is 768. The van der Waals surface area contributed by atoms with Gasteiger partial charge in [-0.05, 0) is 42.0 Å². The van der Waals surface area contributed by atoms with Crippen LogP contribution >= 0.6 is 11.8 Å². The average Bonchev–Trinajstić information content (AvgIpc) is 2.73. The summed E-state index contributed by atoms with van der Waals surface area (Å²) < 4.78 is 0. The van der Waals surface area contributed by atoms with Gasteiger partial charge in [0.25, 0.3) is 0 Å². The molecule has 0 unspecified atom stereocenters. The van der Waals surface area contributed by atoms with E-state index in [4.69, 9.17) is 0 Å². The van der Waals surface area contributed by atoms with Crippen LogP contribution in [0.5, 0.6) is 0 Å². The first-order chi connectivity index (χ1) is 13.7. The van der Waals surface area contributed by atoms with Gasteiger partial charge in [0.2, 0.25) is 5.91 Å². The molecule has 1 heterocycles. The van der Waals surface area contributed by atoms with Crippen molar-refractivity contribution < 1.29 is 9.59 Å². The first-order valence-corrected chi connectivity index (χ1v) is 10.5. The van der Waals surface area contributed by atoms with E-state index >= 15 is 0 Å². The van der Waals surface area contributed by atoms with Crippen molar-refractivity contribution in [1.82, 2.24) is 16.0 Å². The van der Waals surface area contributed by atoms with Crippen molar-refractivity contribution in [3.05, 3.63) is 60.2 Å². The van der Waals surface area contributed by atoms with E-state index in [0.717, 1.165) is 30.0 Å². The SMILES string of the molecule is O=C1CN(c2ccc(CNC(=O)NCCCSc3ccccc3)cc2)CCN1. The standard InChI is InChI=1S/C21H26N4O2S/c26-20-16-25(13-12-22-20)18-9-7-17(8-10-18)15-24-21(27)23-11-4-14-28-19-5-2-1-3-6-19/h1-3,5-10H,4,11-16H2,(H,22,26)(H2,23,24,27). The van der Waals surface area contributed by atoms with E-state index in [-0.39, 0.29) is 11.9 Å². The van der Waals surface area contributed by atoms with E-state index in [1.165, 1.54) is 4.90 Å². The molecule has 148 valence electrons. The van der Waals surface area contributed by atoms with Gasteiger partial charge in [-0.3, -0.25) is 4.79 Å². The second kappa shape index (κ2) is 10.6. The van der Waals surface area contributed by atoms with Crippen LogP contribution in [0.2, 0.25) is 0 Å². The quantitative estimate of drug-likeness (QED) is 0.472. The smallest absolute Gasteiger partial charge is 0.315 e. The third kappa shape index (κ3) is 6.49. The maximum atomic E-state index is 11.9. The average molecular weight is 399 g/mol. The number of hydrogen-bond donors (Lipinski definition) is 3. The molecule has 6 nitrogen and oxygen atoms in total. The maximum absolute atomic E-state index is 11.9. The number of piperazine rings is 1. The van der Waals surface area contributed by atoms with Crippen molar-refractivity contribution in [2.24, 2.45) is 0 Å². The molecule has 28 heavy (non-hydrogen) atoms. The minimum Gasteiger partial charge on any atom is -0.360 e. The first-order valence-electron chi connectivity index (χ1n) is 9.51. The number of thioether (sulfide) groups is 1. The molecular formula is C21H26N4O2S. The van der Waals surface area contributed by atoms with Crippen molar-refractivity contribution in [1.29, 1.82) is 0 Å². The minimum atomic E-state index is -0.151. The Balaban J connectivity index is 1.31. The van der Waals surface area contributed by atoms with Crippen LogP contribution in [-0.4, -0.2) is 43.9 Å². The van der Waals surface area contributed by atoms with Gasteiger partial charge >= 0.3 is 6.03 Å². The third-order valence-corrected chi connectivity index (χ3v) is 5.51. The molecule has 1 saturated heterocycles. The summed E-state index contributed by atoms with van der Waals surface area (Å²) in [5.74, 6) is 1.02.